The highest BCUT2D eigenvalue weighted by molar-refractivity contribution is 9.10. The lowest BCUT2D eigenvalue weighted by Crippen LogP contribution is -2.03. The van der Waals surface area contributed by atoms with Crippen LogP contribution in [-0.4, -0.2) is 20.1 Å². The molecule has 1 rings (SSSR count). The first-order chi connectivity index (χ1) is 7.33. The molecule has 0 saturated heterocycles. The molecule has 0 amide bonds. The van der Waals surface area contributed by atoms with Crippen molar-refractivity contribution in [3.05, 3.63) is 28.2 Å². The average molecular weight is 248 g/mol. The van der Waals surface area contributed by atoms with Gasteiger partial charge in [-0.1, -0.05) is 15.9 Å². The number of carbonyl (C=O) groups is 1. The predicted octanol–water partition coefficient (Wildman–Crippen LogP) is 2.24. The van der Waals surface area contributed by atoms with Crippen molar-refractivity contribution < 1.29 is 18.4 Å². The lowest BCUT2D eigenvalue weighted by molar-refractivity contribution is 0.0597. The number of esters is 1. The Labute approximate surface area is 89.0 Å². The van der Waals surface area contributed by atoms with Gasteiger partial charge in [0.25, 0.3) is 0 Å². The van der Waals surface area contributed by atoms with Gasteiger partial charge in [-0.05, 0) is 18.2 Å². The molecule has 0 heterocycles. The second kappa shape index (κ2) is 4.28. The summed E-state index contributed by atoms with van der Waals surface area (Å²) in [5.41, 5.74) is 0.0630. The molecule has 4 heteroatoms. The maximum Gasteiger partial charge on any atom is 0.341 e. The Morgan fingerprint density at radius 3 is 3.00 bits per heavy atom. The Bertz CT molecular complexity index is 403. The topological polar surface area (TPSA) is 35.5 Å². The third kappa shape index (κ3) is 2.21. The molecule has 0 unspecified atom stereocenters. The number of carbonyl (C=O) groups excluding carboxylic acids is 1. The zero-order chi connectivity index (χ0) is 12.3. The summed E-state index contributed by atoms with van der Waals surface area (Å²) < 4.78 is 30.7. The van der Waals surface area contributed by atoms with Gasteiger partial charge in [-0.15, -0.1) is 0 Å². The molecule has 1 aromatic carbocycles. The maximum absolute atomic E-state index is 11.4. The molecule has 0 fully saturated rings. The fraction of sp³-hybridized carbons (Fsp3) is 0.222. The number of halogens is 1. The van der Waals surface area contributed by atoms with E-state index in [2.05, 4.69) is 25.4 Å². The number of ether oxygens (including phenoxy) is 2. The number of hydrogen-bond donors (Lipinski definition) is 0. The average Bonchev–Trinajstić information content (AvgIpc) is 2.17. The molecule has 0 spiro atoms. The summed E-state index contributed by atoms with van der Waals surface area (Å²) in [6, 6.07) is 4.41. The minimum atomic E-state index is -2.60. The minimum absolute atomic E-state index is 0.0324. The molecule has 0 atom stereocenters. The molecule has 0 radical (unpaired) electrons. The van der Waals surface area contributed by atoms with Crippen molar-refractivity contribution in [2.24, 2.45) is 0 Å². The summed E-state index contributed by atoms with van der Waals surface area (Å²) in [4.78, 5) is 11.4. The number of hydrogen-bond acceptors (Lipinski definition) is 3. The molecule has 0 bridgehead atoms. The van der Waals surface area contributed by atoms with Crippen molar-refractivity contribution >= 4 is 21.9 Å². The van der Waals surface area contributed by atoms with Gasteiger partial charge in [-0.3, -0.25) is 0 Å². The second-order valence-corrected chi connectivity index (χ2v) is 3.15. The van der Waals surface area contributed by atoms with Gasteiger partial charge in [0, 0.05) is 4.47 Å². The summed E-state index contributed by atoms with van der Waals surface area (Å²) in [7, 11) is -1.39. The maximum atomic E-state index is 11.4. The standard InChI is InChI=1S/C9H9BrO3/c1-12-8-4-3-6(10)5-7(8)9(11)13-2/h3-5H,1-2H3/i1D3. The van der Waals surface area contributed by atoms with E-state index in [0.29, 0.717) is 4.47 Å². The molecular weight excluding hydrogens is 236 g/mol. The van der Waals surface area contributed by atoms with E-state index >= 15 is 0 Å². The lowest BCUT2D eigenvalue weighted by Gasteiger charge is -2.06. The molecule has 0 saturated carbocycles. The van der Waals surface area contributed by atoms with Crippen molar-refractivity contribution in [2.45, 2.75) is 0 Å². The van der Waals surface area contributed by atoms with Gasteiger partial charge in [-0.2, -0.15) is 0 Å². The molecule has 3 nitrogen and oxygen atoms in total. The van der Waals surface area contributed by atoms with Crippen LogP contribution < -0.4 is 4.74 Å². The Kier molecular flexibility index (Phi) is 2.11. The van der Waals surface area contributed by atoms with E-state index < -0.39 is 13.0 Å². The Morgan fingerprint density at radius 2 is 2.38 bits per heavy atom. The minimum Gasteiger partial charge on any atom is -0.496 e. The smallest absolute Gasteiger partial charge is 0.341 e. The molecular formula is C9H9BrO3. The van der Waals surface area contributed by atoms with Crippen molar-refractivity contribution in [3.63, 3.8) is 0 Å². The van der Waals surface area contributed by atoms with Crippen molar-refractivity contribution in [3.8, 4) is 5.75 Å². The molecule has 0 aromatic heterocycles. The molecule has 0 aliphatic heterocycles. The Morgan fingerprint density at radius 1 is 1.62 bits per heavy atom. The van der Waals surface area contributed by atoms with E-state index in [9.17, 15) is 4.79 Å². The summed E-state index contributed by atoms with van der Waals surface area (Å²) in [6.07, 6.45) is 0. The van der Waals surface area contributed by atoms with Crippen LogP contribution in [0.15, 0.2) is 22.7 Å². The van der Waals surface area contributed by atoms with Gasteiger partial charge in [0.05, 0.1) is 18.3 Å². The van der Waals surface area contributed by atoms with Crippen LogP contribution >= 0.6 is 15.9 Å². The zero-order valence-electron chi connectivity index (χ0n) is 9.83. The van der Waals surface area contributed by atoms with Crippen LogP contribution in [0.25, 0.3) is 0 Å². The zero-order valence-corrected chi connectivity index (χ0v) is 8.42. The van der Waals surface area contributed by atoms with Gasteiger partial charge >= 0.3 is 5.97 Å². The first-order valence-electron chi connectivity index (χ1n) is 4.90. The first kappa shape index (κ1) is 6.43. The number of rotatable bonds is 2. The largest absolute Gasteiger partial charge is 0.496 e. The molecule has 1 aromatic rings. The van der Waals surface area contributed by atoms with E-state index in [1.807, 2.05) is 0 Å². The summed E-state index contributed by atoms with van der Waals surface area (Å²) in [5.74, 6) is -0.685. The van der Waals surface area contributed by atoms with E-state index in [4.69, 9.17) is 4.11 Å². The fourth-order valence-electron chi connectivity index (χ4n) is 0.861. The predicted molar refractivity (Wildman–Crippen MR) is 52.0 cm³/mol. The van der Waals surface area contributed by atoms with Crippen LogP contribution in [0.4, 0.5) is 0 Å². The third-order valence-corrected chi connectivity index (χ3v) is 1.95. The normalized spacial score (nSPS) is 13.8. The first-order valence-corrected chi connectivity index (χ1v) is 4.19. The highest BCUT2D eigenvalue weighted by Crippen LogP contribution is 2.23. The van der Waals surface area contributed by atoms with Gasteiger partial charge < -0.3 is 9.47 Å². The quantitative estimate of drug-likeness (QED) is 0.753. The summed E-state index contributed by atoms with van der Waals surface area (Å²) >= 11 is 3.17. The van der Waals surface area contributed by atoms with Crippen LogP contribution in [0.1, 0.15) is 14.5 Å². The van der Waals surface area contributed by atoms with Crippen LogP contribution in [0.5, 0.6) is 5.75 Å². The molecule has 13 heavy (non-hydrogen) atoms. The highest BCUT2D eigenvalue weighted by atomic mass is 79.9. The van der Waals surface area contributed by atoms with Gasteiger partial charge in [0.2, 0.25) is 0 Å². The van der Waals surface area contributed by atoms with Crippen molar-refractivity contribution in [2.75, 3.05) is 14.1 Å². The molecule has 0 aliphatic rings. The summed E-state index contributed by atoms with van der Waals surface area (Å²) in [5, 5.41) is 0. The van der Waals surface area contributed by atoms with Gasteiger partial charge in [0.15, 0.2) is 0 Å². The van der Waals surface area contributed by atoms with Gasteiger partial charge in [-0.25, -0.2) is 4.79 Å². The summed E-state index contributed by atoms with van der Waals surface area (Å²) in [6.45, 7) is 0. The van der Waals surface area contributed by atoms with Crippen LogP contribution in [0, 0.1) is 0 Å². The number of benzene rings is 1. The SMILES string of the molecule is [2H]C([2H])([2H])Oc1ccc(Br)cc1C(=O)OC. The molecule has 0 N–H and O–H groups in total. The number of methoxy groups -OCH3 is 2. The van der Waals surface area contributed by atoms with Crippen LogP contribution in [0.3, 0.4) is 0 Å². The fourth-order valence-corrected chi connectivity index (χ4v) is 1.22. The van der Waals surface area contributed by atoms with Crippen molar-refractivity contribution in [1.82, 2.24) is 0 Å². The van der Waals surface area contributed by atoms with Gasteiger partial charge in [0.1, 0.15) is 11.3 Å². The highest BCUT2D eigenvalue weighted by Gasteiger charge is 2.12. The van der Waals surface area contributed by atoms with E-state index in [-0.39, 0.29) is 11.3 Å². The monoisotopic (exact) mass is 247 g/mol. The van der Waals surface area contributed by atoms with E-state index in [0.717, 1.165) is 0 Å². The van der Waals surface area contributed by atoms with Crippen molar-refractivity contribution in [1.29, 1.82) is 0 Å². The second-order valence-electron chi connectivity index (χ2n) is 2.23. The van der Waals surface area contributed by atoms with E-state index in [1.165, 1.54) is 19.2 Å². The van der Waals surface area contributed by atoms with Crippen LogP contribution in [0.2, 0.25) is 0 Å². The lowest BCUT2D eigenvalue weighted by atomic mass is 10.2. The Balaban J connectivity index is 3.13. The van der Waals surface area contributed by atoms with E-state index in [1.54, 1.807) is 6.07 Å². The third-order valence-electron chi connectivity index (χ3n) is 1.46. The Hall–Kier alpha value is -1.03. The molecule has 70 valence electrons. The molecule has 0 aliphatic carbocycles. The van der Waals surface area contributed by atoms with Crippen LogP contribution in [-0.2, 0) is 4.74 Å².